The van der Waals surface area contributed by atoms with Crippen molar-refractivity contribution in [2.75, 3.05) is 26.8 Å². The molecule has 0 unspecified atom stereocenters. The average Bonchev–Trinajstić information content (AvgIpc) is 3.04. The van der Waals surface area contributed by atoms with Crippen molar-refractivity contribution in [3.05, 3.63) is 42.1 Å². The number of hydrogen-bond donors (Lipinski definition) is 0. The molecule has 2 aliphatic heterocycles. The predicted octanol–water partition coefficient (Wildman–Crippen LogP) is 2.64. The molecule has 1 atom stereocenters. The number of fused-ring (bicyclic) bond motifs is 1. The van der Waals surface area contributed by atoms with Crippen LogP contribution < -0.4 is 0 Å². The molecule has 0 saturated carbocycles. The molecule has 4 rings (SSSR count). The Morgan fingerprint density at radius 1 is 1.29 bits per heavy atom. The zero-order chi connectivity index (χ0) is 16.6. The Labute approximate surface area is 141 Å². The summed E-state index contributed by atoms with van der Waals surface area (Å²) in [6, 6.07) is 9.61. The SMILES string of the molecule is CO[C@H]1COC2(CCN(C(=O)c3ccnc4ccccc34)CC2)C1. The number of aromatic nitrogens is 1. The van der Waals surface area contributed by atoms with Crippen LogP contribution in [0.4, 0.5) is 0 Å². The molecule has 2 saturated heterocycles. The Morgan fingerprint density at radius 3 is 2.83 bits per heavy atom. The second kappa shape index (κ2) is 6.15. The Bertz CT molecular complexity index is 748. The minimum absolute atomic E-state index is 0.0877. The molecule has 1 aromatic carbocycles. The number of rotatable bonds is 2. The van der Waals surface area contributed by atoms with E-state index in [0.717, 1.165) is 48.8 Å². The lowest BCUT2D eigenvalue weighted by molar-refractivity contribution is -0.0401. The van der Waals surface area contributed by atoms with Gasteiger partial charge in [0.15, 0.2) is 0 Å². The summed E-state index contributed by atoms with van der Waals surface area (Å²) in [5, 5.41) is 0.918. The van der Waals surface area contributed by atoms with Gasteiger partial charge in [-0.15, -0.1) is 0 Å². The first-order valence-corrected chi connectivity index (χ1v) is 8.51. The van der Waals surface area contributed by atoms with Gasteiger partial charge in [-0.1, -0.05) is 18.2 Å². The van der Waals surface area contributed by atoms with Crippen molar-refractivity contribution in [3.8, 4) is 0 Å². The van der Waals surface area contributed by atoms with Gasteiger partial charge in [-0.2, -0.15) is 0 Å². The molecule has 0 bridgehead atoms. The van der Waals surface area contributed by atoms with E-state index < -0.39 is 0 Å². The second-order valence-corrected chi connectivity index (χ2v) is 6.72. The standard InChI is InChI=1S/C19H22N2O3/c1-23-14-12-19(24-13-14)7-10-21(11-8-19)18(22)16-6-9-20-17-5-3-2-4-15(16)17/h2-6,9,14H,7-8,10-13H2,1H3/t14-/m1/s1. The zero-order valence-electron chi connectivity index (χ0n) is 13.9. The quantitative estimate of drug-likeness (QED) is 0.851. The fraction of sp³-hybridized carbons (Fsp3) is 0.474. The Balaban J connectivity index is 1.50. The van der Waals surface area contributed by atoms with Crippen LogP contribution >= 0.6 is 0 Å². The van der Waals surface area contributed by atoms with E-state index in [1.165, 1.54) is 0 Å². The molecule has 1 spiro atoms. The first kappa shape index (κ1) is 15.5. The molecule has 2 fully saturated rings. The molecule has 3 heterocycles. The highest BCUT2D eigenvalue weighted by Crippen LogP contribution is 2.37. The summed E-state index contributed by atoms with van der Waals surface area (Å²) in [5.74, 6) is 0.0877. The van der Waals surface area contributed by atoms with Crippen molar-refractivity contribution in [2.24, 2.45) is 0 Å². The molecule has 0 aliphatic carbocycles. The fourth-order valence-corrected chi connectivity index (χ4v) is 3.87. The summed E-state index contributed by atoms with van der Waals surface area (Å²) in [7, 11) is 1.74. The zero-order valence-corrected chi connectivity index (χ0v) is 13.9. The number of likely N-dealkylation sites (tertiary alicyclic amines) is 1. The summed E-state index contributed by atoms with van der Waals surface area (Å²) < 4.78 is 11.4. The lowest BCUT2D eigenvalue weighted by Gasteiger charge is -2.38. The lowest BCUT2D eigenvalue weighted by atomic mass is 9.87. The number of ether oxygens (including phenoxy) is 2. The van der Waals surface area contributed by atoms with E-state index in [-0.39, 0.29) is 17.6 Å². The van der Waals surface area contributed by atoms with Gasteiger partial charge in [0.05, 0.1) is 29.4 Å². The van der Waals surface area contributed by atoms with Gasteiger partial charge in [-0.3, -0.25) is 9.78 Å². The smallest absolute Gasteiger partial charge is 0.254 e. The Morgan fingerprint density at radius 2 is 2.08 bits per heavy atom. The van der Waals surface area contributed by atoms with Gasteiger partial charge in [0.25, 0.3) is 5.91 Å². The summed E-state index contributed by atoms with van der Waals surface area (Å²) in [5.41, 5.74) is 1.50. The fourth-order valence-electron chi connectivity index (χ4n) is 3.87. The van der Waals surface area contributed by atoms with Gasteiger partial charge < -0.3 is 14.4 Å². The van der Waals surface area contributed by atoms with Gasteiger partial charge in [-0.25, -0.2) is 0 Å². The third-order valence-electron chi connectivity index (χ3n) is 5.35. The summed E-state index contributed by atoms with van der Waals surface area (Å²) in [6.07, 6.45) is 4.59. The molecule has 5 heteroatoms. The highest BCUT2D eigenvalue weighted by atomic mass is 16.6. The first-order chi connectivity index (χ1) is 11.7. The monoisotopic (exact) mass is 326 g/mol. The van der Waals surface area contributed by atoms with Crippen LogP contribution in [0.15, 0.2) is 36.5 Å². The number of para-hydroxylation sites is 1. The highest BCUT2D eigenvalue weighted by molar-refractivity contribution is 6.05. The number of amides is 1. The number of carbonyl (C=O) groups is 1. The molecular weight excluding hydrogens is 304 g/mol. The van der Waals surface area contributed by atoms with Crippen LogP contribution in [0.3, 0.4) is 0 Å². The molecule has 1 aromatic heterocycles. The number of piperidine rings is 1. The molecular formula is C19H22N2O3. The maximum Gasteiger partial charge on any atom is 0.254 e. The van der Waals surface area contributed by atoms with Crippen LogP contribution in [0.2, 0.25) is 0 Å². The van der Waals surface area contributed by atoms with Crippen molar-refractivity contribution in [1.29, 1.82) is 0 Å². The van der Waals surface area contributed by atoms with Crippen LogP contribution in [0.1, 0.15) is 29.6 Å². The first-order valence-electron chi connectivity index (χ1n) is 8.51. The molecule has 24 heavy (non-hydrogen) atoms. The molecule has 5 nitrogen and oxygen atoms in total. The summed E-state index contributed by atoms with van der Waals surface area (Å²) in [6.45, 7) is 2.12. The highest BCUT2D eigenvalue weighted by Gasteiger charge is 2.43. The van der Waals surface area contributed by atoms with Crippen molar-refractivity contribution < 1.29 is 14.3 Å². The van der Waals surface area contributed by atoms with E-state index in [1.54, 1.807) is 13.3 Å². The van der Waals surface area contributed by atoms with E-state index in [1.807, 2.05) is 35.2 Å². The topological polar surface area (TPSA) is 51.7 Å². The molecule has 2 aromatic rings. The van der Waals surface area contributed by atoms with Crippen LogP contribution in [0.25, 0.3) is 10.9 Å². The van der Waals surface area contributed by atoms with Crippen molar-refractivity contribution >= 4 is 16.8 Å². The number of hydrogen-bond acceptors (Lipinski definition) is 4. The number of pyridine rings is 1. The summed E-state index contributed by atoms with van der Waals surface area (Å²) >= 11 is 0. The van der Waals surface area contributed by atoms with Crippen LogP contribution in [0.5, 0.6) is 0 Å². The Hall–Kier alpha value is -1.98. The van der Waals surface area contributed by atoms with Crippen LogP contribution in [-0.4, -0.2) is 54.3 Å². The normalized spacial score (nSPS) is 23.0. The minimum Gasteiger partial charge on any atom is -0.379 e. The molecule has 0 radical (unpaired) electrons. The van der Waals surface area contributed by atoms with E-state index in [2.05, 4.69) is 4.98 Å². The number of methoxy groups -OCH3 is 1. The lowest BCUT2D eigenvalue weighted by Crippen LogP contribution is -2.46. The third kappa shape index (κ3) is 2.68. The van der Waals surface area contributed by atoms with E-state index in [4.69, 9.17) is 9.47 Å². The van der Waals surface area contributed by atoms with E-state index in [0.29, 0.717) is 6.61 Å². The average molecular weight is 326 g/mol. The number of benzene rings is 1. The Kier molecular flexibility index (Phi) is 3.98. The predicted molar refractivity (Wildman–Crippen MR) is 91.0 cm³/mol. The largest absolute Gasteiger partial charge is 0.379 e. The van der Waals surface area contributed by atoms with Crippen molar-refractivity contribution in [3.63, 3.8) is 0 Å². The van der Waals surface area contributed by atoms with Crippen molar-refractivity contribution in [2.45, 2.75) is 31.0 Å². The van der Waals surface area contributed by atoms with Gasteiger partial charge in [0.2, 0.25) is 0 Å². The van der Waals surface area contributed by atoms with Gasteiger partial charge in [0.1, 0.15) is 0 Å². The minimum atomic E-state index is -0.0994. The van der Waals surface area contributed by atoms with Crippen molar-refractivity contribution in [1.82, 2.24) is 9.88 Å². The second-order valence-electron chi connectivity index (χ2n) is 6.72. The van der Waals surface area contributed by atoms with E-state index >= 15 is 0 Å². The number of carbonyl (C=O) groups excluding carboxylic acids is 1. The van der Waals surface area contributed by atoms with Gasteiger partial charge in [0, 0.05) is 38.2 Å². The molecule has 1 amide bonds. The number of nitrogens with zero attached hydrogens (tertiary/aromatic N) is 2. The van der Waals surface area contributed by atoms with E-state index in [9.17, 15) is 4.79 Å². The molecule has 126 valence electrons. The van der Waals surface area contributed by atoms with Crippen LogP contribution in [0, 0.1) is 0 Å². The maximum atomic E-state index is 13.0. The molecule has 2 aliphatic rings. The molecule has 0 N–H and O–H groups in total. The third-order valence-corrected chi connectivity index (χ3v) is 5.35. The summed E-state index contributed by atoms with van der Waals surface area (Å²) in [4.78, 5) is 19.3. The van der Waals surface area contributed by atoms with Gasteiger partial charge in [-0.05, 0) is 25.0 Å². The maximum absolute atomic E-state index is 13.0. The van der Waals surface area contributed by atoms with Gasteiger partial charge >= 0.3 is 0 Å². The van der Waals surface area contributed by atoms with Crippen LogP contribution in [-0.2, 0) is 9.47 Å².